The molecule has 0 aliphatic heterocycles. The number of amides is 1. The van der Waals surface area contributed by atoms with Crippen molar-refractivity contribution in [2.24, 2.45) is 5.92 Å². The number of rotatable bonds is 5. The maximum Gasteiger partial charge on any atom is 0.416 e. The van der Waals surface area contributed by atoms with Gasteiger partial charge in [-0.05, 0) is 54.7 Å². The molecular weight excluding hydrogens is 361 g/mol. The van der Waals surface area contributed by atoms with Crippen LogP contribution in [0.4, 0.5) is 13.2 Å². The molecule has 1 aromatic carbocycles. The molecular formula is C19H19F3N2O3. The minimum absolute atomic E-state index is 0.00676. The molecule has 1 atom stereocenters. The largest absolute Gasteiger partial charge is 0.495 e. The summed E-state index contributed by atoms with van der Waals surface area (Å²) >= 11 is 0. The van der Waals surface area contributed by atoms with Gasteiger partial charge in [0, 0.05) is 11.8 Å². The van der Waals surface area contributed by atoms with Crippen molar-refractivity contribution < 1.29 is 27.8 Å². The molecule has 0 saturated heterocycles. The summed E-state index contributed by atoms with van der Waals surface area (Å²) in [5, 5.41) is 12.5. The van der Waals surface area contributed by atoms with Gasteiger partial charge in [-0.25, -0.2) is 0 Å². The number of halogens is 3. The lowest BCUT2D eigenvalue weighted by Crippen LogP contribution is -2.41. The Balaban J connectivity index is 1.80. The third-order valence-corrected chi connectivity index (χ3v) is 4.71. The molecule has 0 spiro atoms. The molecule has 8 heteroatoms. The van der Waals surface area contributed by atoms with Crippen LogP contribution in [0.3, 0.4) is 0 Å². The van der Waals surface area contributed by atoms with E-state index in [1.807, 2.05) is 0 Å². The van der Waals surface area contributed by atoms with Gasteiger partial charge in [0.1, 0.15) is 5.75 Å². The van der Waals surface area contributed by atoms with Gasteiger partial charge in [0.05, 0.1) is 31.0 Å². The first-order valence-corrected chi connectivity index (χ1v) is 8.43. The van der Waals surface area contributed by atoms with Gasteiger partial charge in [-0.3, -0.25) is 9.78 Å². The second kappa shape index (κ2) is 7.56. The van der Waals surface area contributed by atoms with Crippen LogP contribution in [-0.4, -0.2) is 29.2 Å². The third-order valence-electron chi connectivity index (χ3n) is 4.71. The van der Waals surface area contributed by atoms with Crippen LogP contribution in [0.5, 0.6) is 5.75 Å². The van der Waals surface area contributed by atoms with Crippen LogP contribution >= 0.6 is 0 Å². The van der Waals surface area contributed by atoms with Crippen molar-refractivity contribution in [3.8, 4) is 5.75 Å². The predicted molar refractivity (Wildman–Crippen MR) is 91.2 cm³/mol. The van der Waals surface area contributed by atoms with E-state index < -0.39 is 29.8 Å². The van der Waals surface area contributed by atoms with E-state index in [9.17, 15) is 23.1 Å². The Morgan fingerprint density at radius 3 is 2.48 bits per heavy atom. The van der Waals surface area contributed by atoms with Gasteiger partial charge < -0.3 is 15.2 Å². The molecule has 1 aliphatic rings. The van der Waals surface area contributed by atoms with E-state index in [-0.39, 0.29) is 11.5 Å². The number of hydrogen-bond acceptors (Lipinski definition) is 4. The highest BCUT2D eigenvalue weighted by molar-refractivity contribution is 5.94. The maximum absolute atomic E-state index is 12.7. The van der Waals surface area contributed by atoms with Crippen molar-refractivity contribution in [3.63, 3.8) is 0 Å². The SMILES string of the molecule is COc1cncc(C(NC(=O)c2ccc(C(F)(F)F)cc2)C2CC(O)C2)c1. The van der Waals surface area contributed by atoms with E-state index in [0.29, 0.717) is 24.2 Å². The predicted octanol–water partition coefficient (Wildman–Crippen LogP) is 3.35. The number of pyridine rings is 1. The summed E-state index contributed by atoms with van der Waals surface area (Å²) < 4.78 is 43.2. The zero-order valence-corrected chi connectivity index (χ0v) is 14.5. The lowest BCUT2D eigenvalue weighted by molar-refractivity contribution is -0.137. The standard InChI is InChI=1S/C19H19F3N2O3/c1-27-16-8-13(9-23-10-16)17(12-6-15(25)7-12)24-18(26)11-2-4-14(5-3-11)19(20,21)22/h2-5,8-10,12,15,17,25H,6-7H2,1H3,(H,24,26). The molecule has 1 aliphatic carbocycles. The topological polar surface area (TPSA) is 71.5 Å². The number of ether oxygens (including phenoxy) is 1. The van der Waals surface area contributed by atoms with Crippen molar-refractivity contribution in [1.29, 1.82) is 0 Å². The fourth-order valence-electron chi connectivity index (χ4n) is 3.13. The number of nitrogens with one attached hydrogen (secondary N) is 1. The normalized spacial score (nSPS) is 20.5. The van der Waals surface area contributed by atoms with E-state index in [0.717, 1.165) is 24.3 Å². The van der Waals surface area contributed by atoms with Crippen molar-refractivity contribution in [2.75, 3.05) is 7.11 Å². The van der Waals surface area contributed by atoms with Crippen LogP contribution in [-0.2, 0) is 6.18 Å². The van der Waals surface area contributed by atoms with Crippen LogP contribution in [0.1, 0.15) is 40.4 Å². The van der Waals surface area contributed by atoms with Gasteiger partial charge in [-0.2, -0.15) is 13.2 Å². The number of nitrogens with zero attached hydrogens (tertiary/aromatic N) is 1. The number of hydrogen-bond donors (Lipinski definition) is 2. The van der Waals surface area contributed by atoms with Crippen LogP contribution in [0.25, 0.3) is 0 Å². The molecule has 2 N–H and O–H groups in total. The molecule has 0 radical (unpaired) electrons. The van der Waals surface area contributed by atoms with Crippen LogP contribution < -0.4 is 10.1 Å². The molecule has 1 heterocycles. The summed E-state index contributed by atoms with van der Waals surface area (Å²) in [6.45, 7) is 0. The Labute approximate surface area is 154 Å². The summed E-state index contributed by atoms with van der Waals surface area (Å²) in [6.07, 6.45) is -0.686. The van der Waals surface area contributed by atoms with E-state index in [2.05, 4.69) is 10.3 Å². The summed E-state index contributed by atoms with van der Waals surface area (Å²) in [4.78, 5) is 16.7. The Bertz CT molecular complexity index is 803. The van der Waals surface area contributed by atoms with E-state index in [4.69, 9.17) is 4.74 Å². The number of alkyl halides is 3. The van der Waals surface area contributed by atoms with Crippen LogP contribution in [0, 0.1) is 5.92 Å². The average Bonchev–Trinajstić information content (AvgIpc) is 2.63. The molecule has 5 nitrogen and oxygen atoms in total. The van der Waals surface area contributed by atoms with E-state index in [1.165, 1.54) is 13.3 Å². The molecule has 2 aromatic rings. The van der Waals surface area contributed by atoms with Gasteiger partial charge in [0.25, 0.3) is 5.91 Å². The second-order valence-corrected chi connectivity index (χ2v) is 6.57. The summed E-state index contributed by atoms with van der Waals surface area (Å²) in [6, 6.07) is 5.37. The van der Waals surface area contributed by atoms with Gasteiger partial charge in [-0.1, -0.05) is 0 Å². The summed E-state index contributed by atoms with van der Waals surface area (Å²) in [5.41, 5.74) is 0.0324. The molecule has 1 saturated carbocycles. The molecule has 3 rings (SSSR count). The first-order chi connectivity index (χ1) is 12.8. The highest BCUT2D eigenvalue weighted by atomic mass is 19.4. The fraction of sp³-hybridized carbons (Fsp3) is 0.368. The maximum atomic E-state index is 12.7. The van der Waals surface area contributed by atoms with E-state index >= 15 is 0 Å². The number of aliphatic hydroxyl groups excluding tert-OH is 1. The third kappa shape index (κ3) is 4.39. The first-order valence-electron chi connectivity index (χ1n) is 8.43. The quantitative estimate of drug-likeness (QED) is 0.835. The Kier molecular flexibility index (Phi) is 5.36. The molecule has 1 unspecified atom stereocenters. The minimum atomic E-state index is -4.45. The average molecular weight is 380 g/mol. The molecule has 1 amide bonds. The second-order valence-electron chi connectivity index (χ2n) is 6.57. The van der Waals surface area contributed by atoms with Gasteiger partial charge in [0.2, 0.25) is 0 Å². The van der Waals surface area contributed by atoms with Crippen molar-refractivity contribution in [1.82, 2.24) is 10.3 Å². The lowest BCUT2D eigenvalue weighted by atomic mass is 9.75. The molecule has 0 bridgehead atoms. The Morgan fingerprint density at radius 2 is 1.93 bits per heavy atom. The first kappa shape index (κ1) is 19.2. The molecule has 1 aromatic heterocycles. The van der Waals surface area contributed by atoms with Gasteiger partial charge >= 0.3 is 6.18 Å². The number of methoxy groups -OCH3 is 1. The number of aromatic nitrogens is 1. The number of carbonyl (C=O) groups excluding carboxylic acids is 1. The Hall–Kier alpha value is -2.61. The van der Waals surface area contributed by atoms with Gasteiger partial charge in [-0.15, -0.1) is 0 Å². The van der Waals surface area contributed by atoms with Crippen molar-refractivity contribution in [3.05, 3.63) is 59.4 Å². The lowest BCUT2D eigenvalue weighted by Gasteiger charge is -2.38. The highest BCUT2D eigenvalue weighted by Crippen LogP contribution is 2.38. The zero-order chi connectivity index (χ0) is 19.6. The smallest absolute Gasteiger partial charge is 0.416 e. The number of benzene rings is 1. The number of aliphatic hydroxyl groups is 1. The van der Waals surface area contributed by atoms with Crippen molar-refractivity contribution >= 4 is 5.91 Å². The van der Waals surface area contributed by atoms with Gasteiger partial charge in [0.15, 0.2) is 0 Å². The van der Waals surface area contributed by atoms with Crippen LogP contribution in [0.15, 0.2) is 42.7 Å². The summed E-state index contributed by atoms with van der Waals surface area (Å²) in [7, 11) is 1.50. The highest BCUT2D eigenvalue weighted by Gasteiger charge is 2.36. The number of carbonyl (C=O) groups is 1. The van der Waals surface area contributed by atoms with E-state index in [1.54, 1.807) is 12.3 Å². The zero-order valence-electron chi connectivity index (χ0n) is 14.5. The molecule has 144 valence electrons. The molecule has 27 heavy (non-hydrogen) atoms. The minimum Gasteiger partial charge on any atom is -0.495 e. The van der Waals surface area contributed by atoms with Crippen molar-refractivity contribution in [2.45, 2.75) is 31.2 Å². The summed E-state index contributed by atoms with van der Waals surface area (Å²) in [5.74, 6) is 0.0476. The van der Waals surface area contributed by atoms with Crippen LogP contribution in [0.2, 0.25) is 0 Å². The monoisotopic (exact) mass is 380 g/mol. The fourth-order valence-corrected chi connectivity index (χ4v) is 3.13. The Morgan fingerprint density at radius 1 is 1.26 bits per heavy atom. The molecule has 1 fully saturated rings.